The number of fused-ring (bicyclic) bond motifs is 1. The molecule has 2 aliphatic heterocycles. The molecule has 0 bridgehead atoms. The van der Waals surface area contributed by atoms with Gasteiger partial charge in [-0.05, 0) is 31.0 Å². The summed E-state index contributed by atoms with van der Waals surface area (Å²) in [5, 5.41) is 3.41. The minimum atomic E-state index is -3.50. The average molecular weight is 346 g/mol. The topological polar surface area (TPSA) is 93.8 Å². The molecule has 2 heterocycles. The second kappa shape index (κ2) is 6.85. The Morgan fingerprint density at radius 3 is 2.91 bits per heavy atom. The molecule has 1 atom stereocenters. The van der Waals surface area contributed by atoms with Crippen LogP contribution in [0.25, 0.3) is 0 Å². The first-order chi connectivity index (χ1) is 10.1. The first-order valence-electron chi connectivity index (χ1n) is 7.12. The number of piperidine rings is 1. The molecule has 0 saturated carbocycles. The Morgan fingerprint density at radius 1 is 1.36 bits per heavy atom. The van der Waals surface area contributed by atoms with Crippen molar-refractivity contribution in [1.82, 2.24) is 5.32 Å². The normalized spacial score (nSPS) is 22.9. The van der Waals surface area contributed by atoms with Gasteiger partial charge in [0.2, 0.25) is 0 Å². The van der Waals surface area contributed by atoms with E-state index in [9.17, 15) is 8.42 Å². The number of amidine groups is 1. The Morgan fingerprint density at radius 2 is 2.18 bits per heavy atom. The summed E-state index contributed by atoms with van der Waals surface area (Å²) in [6, 6.07) is 5.68. The zero-order valence-electron chi connectivity index (χ0n) is 12.1. The summed E-state index contributed by atoms with van der Waals surface area (Å²) >= 11 is 0. The van der Waals surface area contributed by atoms with Crippen molar-refractivity contribution in [3.8, 4) is 5.75 Å². The highest BCUT2D eigenvalue weighted by molar-refractivity contribution is 7.89. The van der Waals surface area contributed by atoms with E-state index < -0.39 is 10.0 Å². The summed E-state index contributed by atoms with van der Waals surface area (Å²) in [5.41, 5.74) is 7.07. The number of nitrogens with zero attached hydrogens (tertiary/aromatic N) is 1. The monoisotopic (exact) mass is 345 g/mol. The Bertz CT molecular complexity index is 670. The van der Waals surface area contributed by atoms with Gasteiger partial charge in [-0.2, -0.15) is 0 Å². The van der Waals surface area contributed by atoms with Crippen molar-refractivity contribution in [3.05, 3.63) is 29.3 Å². The average Bonchev–Trinajstić information content (AvgIpc) is 2.44. The molecule has 3 N–H and O–H groups in total. The molecular formula is C14H20ClN3O3S. The summed E-state index contributed by atoms with van der Waals surface area (Å²) in [6.45, 7) is 1.57. The highest BCUT2D eigenvalue weighted by Crippen LogP contribution is 2.28. The Kier molecular flexibility index (Phi) is 5.31. The van der Waals surface area contributed by atoms with Gasteiger partial charge in [-0.15, -0.1) is 16.8 Å². The highest BCUT2D eigenvalue weighted by atomic mass is 35.5. The fourth-order valence-electron chi connectivity index (χ4n) is 2.79. The van der Waals surface area contributed by atoms with Gasteiger partial charge in [0.05, 0.1) is 11.3 Å². The molecule has 22 heavy (non-hydrogen) atoms. The molecular weight excluding hydrogens is 326 g/mol. The molecule has 122 valence electrons. The lowest BCUT2D eigenvalue weighted by molar-refractivity contribution is 0.238. The molecule has 0 amide bonds. The van der Waals surface area contributed by atoms with Crippen LogP contribution in [0.3, 0.4) is 0 Å². The highest BCUT2D eigenvalue weighted by Gasteiger charge is 2.25. The van der Waals surface area contributed by atoms with Gasteiger partial charge in [-0.3, -0.25) is 0 Å². The number of hydrogen-bond donors (Lipinski definition) is 2. The number of benzene rings is 1. The van der Waals surface area contributed by atoms with Crippen LogP contribution in [0, 0.1) is 0 Å². The summed E-state index contributed by atoms with van der Waals surface area (Å²) in [4.78, 5) is 0. The third-order valence-electron chi connectivity index (χ3n) is 3.80. The van der Waals surface area contributed by atoms with Crippen molar-refractivity contribution < 1.29 is 13.2 Å². The van der Waals surface area contributed by atoms with Crippen LogP contribution >= 0.6 is 12.4 Å². The first kappa shape index (κ1) is 17.1. The van der Waals surface area contributed by atoms with E-state index in [2.05, 4.69) is 9.71 Å². The zero-order valence-corrected chi connectivity index (χ0v) is 13.8. The van der Waals surface area contributed by atoms with Crippen LogP contribution in [0.5, 0.6) is 5.75 Å². The van der Waals surface area contributed by atoms with Gasteiger partial charge in [0.15, 0.2) is 0 Å². The molecule has 1 aromatic carbocycles. The number of halogens is 1. The lowest BCUT2D eigenvalue weighted by Gasteiger charge is -2.25. The van der Waals surface area contributed by atoms with Gasteiger partial charge in [-0.25, -0.2) is 8.42 Å². The third kappa shape index (κ3) is 3.71. The SMILES string of the molecule is Cl.NC1=NS(=O)(=O)Cc2cccc(OC[C@H]3CCCCN3)c21. The standard InChI is InChI=1S/C14H19N3O3S.ClH/c15-14-13-10(9-21(18,19)17-14)4-3-6-12(13)20-8-11-5-1-2-7-16-11;/h3-4,6,11,16H,1-2,5,7-9H2,(H2,15,17);1H/t11-;/m1./s1. The van der Waals surface area contributed by atoms with E-state index in [1.807, 2.05) is 6.07 Å². The molecule has 8 heteroatoms. The van der Waals surface area contributed by atoms with E-state index in [4.69, 9.17) is 10.5 Å². The molecule has 0 spiro atoms. The van der Waals surface area contributed by atoms with Gasteiger partial charge < -0.3 is 15.8 Å². The van der Waals surface area contributed by atoms with Crippen molar-refractivity contribution in [2.75, 3.05) is 13.2 Å². The van der Waals surface area contributed by atoms with Crippen LogP contribution in [-0.4, -0.2) is 33.4 Å². The lowest BCUT2D eigenvalue weighted by Crippen LogP contribution is -2.38. The van der Waals surface area contributed by atoms with Gasteiger partial charge in [0.1, 0.15) is 18.2 Å². The largest absolute Gasteiger partial charge is 0.491 e. The molecule has 1 saturated heterocycles. The van der Waals surface area contributed by atoms with Crippen molar-refractivity contribution in [2.24, 2.45) is 10.1 Å². The van der Waals surface area contributed by atoms with Crippen LogP contribution in [0.4, 0.5) is 0 Å². The summed E-state index contributed by atoms with van der Waals surface area (Å²) in [7, 11) is -3.50. The fraction of sp³-hybridized carbons (Fsp3) is 0.500. The molecule has 1 fully saturated rings. The van der Waals surface area contributed by atoms with Crippen molar-refractivity contribution in [3.63, 3.8) is 0 Å². The summed E-state index contributed by atoms with van der Waals surface area (Å²) < 4.78 is 32.7. The maximum atomic E-state index is 11.6. The Balaban J connectivity index is 0.00000176. The molecule has 6 nitrogen and oxygen atoms in total. The molecule has 1 aromatic rings. The van der Waals surface area contributed by atoms with Crippen molar-refractivity contribution in [1.29, 1.82) is 0 Å². The Labute approximate surface area is 136 Å². The van der Waals surface area contributed by atoms with Gasteiger partial charge in [0, 0.05) is 6.04 Å². The first-order valence-corrected chi connectivity index (χ1v) is 8.73. The van der Waals surface area contributed by atoms with E-state index >= 15 is 0 Å². The van der Waals surface area contributed by atoms with E-state index in [1.54, 1.807) is 12.1 Å². The van der Waals surface area contributed by atoms with Crippen LogP contribution in [-0.2, 0) is 15.8 Å². The minimum Gasteiger partial charge on any atom is -0.491 e. The number of nitrogens with one attached hydrogen (secondary N) is 1. The zero-order chi connectivity index (χ0) is 14.9. The predicted octanol–water partition coefficient (Wildman–Crippen LogP) is 1.18. The van der Waals surface area contributed by atoms with Crippen LogP contribution in [0.2, 0.25) is 0 Å². The van der Waals surface area contributed by atoms with Crippen LogP contribution < -0.4 is 15.8 Å². The molecule has 0 unspecified atom stereocenters. The van der Waals surface area contributed by atoms with E-state index in [0.717, 1.165) is 13.0 Å². The number of rotatable bonds is 3. The molecule has 0 radical (unpaired) electrons. The maximum Gasteiger partial charge on any atom is 0.259 e. The lowest BCUT2D eigenvalue weighted by atomic mass is 10.1. The number of hydrogen-bond acceptors (Lipinski definition) is 5. The van der Waals surface area contributed by atoms with E-state index in [-0.39, 0.29) is 24.0 Å². The molecule has 0 aliphatic carbocycles. The minimum absolute atomic E-state index is 0. The fourth-order valence-corrected chi connectivity index (χ4v) is 3.88. The Hall–Kier alpha value is -1.31. The maximum absolute atomic E-state index is 11.6. The quantitative estimate of drug-likeness (QED) is 0.857. The van der Waals surface area contributed by atoms with Gasteiger partial charge in [0.25, 0.3) is 10.0 Å². The summed E-state index contributed by atoms with van der Waals surface area (Å²) in [6.07, 6.45) is 3.50. The smallest absolute Gasteiger partial charge is 0.259 e. The molecule has 3 rings (SSSR count). The molecule has 2 aliphatic rings. The second-order valence-corrected chi connectivity index (χ2v) is 7.09. The number of nitrogens with two attached hydrogens (primary N) is 1. The van der Waals surface area contributed by atoms with E-state index in [1.165, 1.54) is 12.8 Å². The van der Waals surface area contributed by atoms with Gasteiger partial charge in [-0.1, -0.05) is 18.6 Å². The van der Waals surface area contributed by atoms with Gasteiger partial charge >= 0.3 is 0 Å². The number of sulfonamides is 1. The van der Waals surface area contributed by atoms with Crippen LogP contribution in [0.1, 0.15) is 30.4 Å². The van der Waals surface area contributed by atoms with Crippen molar-refractivity contribution in [2.45, 2.75) is 31.1 Å². The number of ether oxygens (including phenoxy) is 1. The van der Waals surface area contributed by atoms with Crippen LogP contribution in [0.15, 0.2) is 22.6 Å². The third-order valence-corrected chi connectivity index (χ3v) is 4.95. The molecule has 0 aromatic heterocycles. The van der Waals surface area contributed by atoms with E-state index in [0.29, 0.717) is 29.5 Å². The summed E-state index contributed by atoms with van der Waals surface area (Å²) in [5.74, 6) is 0.501. The second-order valence-electron chi connectivity index (χ2n) is 5.45. The van der Waals surface area contributed by atoms with Crippen molar-refractivity contribution >= 4 is 28.3 Å². The predicted molar refractivity (Wildman–Crippen MR) is 88.2 cm³/mol.